The Hall–Kier alpha value is -1.30. The normalized spacial score (nSPS) is 19.7. The van der Waals surface area contributed by atoms with E-state index in [1.165, 1.54) is 12.4 Å². The Morgan fingerprint density at radius 3 is 2.30 bits per heavy atom. The Labute approximate surface area is 56.1 Å². The van der Waals surface area contributed by atoms with Crippen LogP contribution < -0.4 is 0 Å². The fraction of sp³-hybridized carbons (Fsp3) is 0.500. The minimum Gasteiger partial charge on any atom is -0.384 e. The van der Waals surface area contributed by atoms with Crippen molar-refractivity contribution in [3.05, 3.63) is 10.1 Å². The second-order valence-electron chi connectivity index (χ2n) is 1.75. The summed E-state index contributed by atoms with van der Waals surface area (Å²) in [5, 5.41) is 18.7. The van der Waals surface area contributed by atoms with E-state index >= 15 is 0 Å². The topological polar surface area (TPSA) is 88.1 Å². The van der Waals surface area contributed by atoms with E-state index in [4.69, 9.17) is 5.11 Å². The molecule has 1 aliphatic heterocycles. The number of aliphatic hydroxyl groups is 1. The molecule has 1 heterocycles. The number of aliphatic imine (C=N–C) groups is 2. The number of nitro groups is 1. The smallest absolute Gasteiger partial charge is 0.384 e. The highest BCUT2D eigenvalue weighted by Crippen LogP contribution is 2.14. The maximum atomic E-state index is 10.2. The summed E-state index contributed by atoms with van der Waals surface area (Å²) >= 11 is 0. The highest BCUT2D eigenvalue weighted by Gasteiger charge is 2.42. The van der Waals surface area contributed by atoms with Crippen molar-refractivity contribution >= 4 is 12.4 Å². The molecular formula is C4H5N3O3. The van der Waals surface area contributed by atoms with Crippen LogP contribution in [-0.4, -0.2) is 34.9 Å². The Morgan fingerprint density at radius 1 is 1.60 bits per heavy atom. The van der Waals surface area contributed by atoms with Gasteiger partial charge in [0.2, 0.25) is 0 Å². The van der Waals surface area contributed by atoms with Crippen molar-refractivity contribution < 1.29 is 10.0 Å². The number of nitrogens with zero attached hydrogens (tertiary/aromatic N) is 3. The summed E-state index contributed by atoms with van der Waals surface area (Å²) in [5.74, 6) is -1.85. The van der Waals surface area contributed by atoms with Gasteiger partial charge in [-0.1, -0.05) is 0 Å². The van der Waals surface area contributed by atoms with Gasteiger partial charge in [0.15, 0.2) is 6.61 Å². The molecule has 0 aromatic rings. The van der Waals surface area contributed by atoms with Gasteiger partial charge in [0, 0.05) is 12.4 Å². The molecule has 1 aliphatic rings. The Kier molecular flexibility index (Phi) is 1.46. The molecule has 0 spiro atoms. The van der Waals surface area contributed by atoms with Crippen LogP contribution in [0.5, 0.6) is 0 Å². The van der Waals surface area contributed by atoms with Crippen LogP contribution in [0.15, 0.2) is 9.98 Å². The van der Waals surface area contributed by atoms with Gasteiger partial charge in [0.25, 0.3) is 0 Å². The molecule has 0 radical (unpaired) electrons. The van der Waals surface area contributed by atoms with Gasteiger partial charge in [-0.25, -0.2) is 0 Å². The highest BCUT2D eigenvalue weighted by atomic mass is 16.6. The molecular weight excluding hydrogens is 138 g/mol. The molecule has 0 atom stereocenters. The number of hydrogen-bond donors (Lipinski definition) is 1. The number of rotatable bonds is 2. The molecule has 0 unspecified atom stereocenters. The summed E-state index contributed by atoms with van der Waals surface area (Å²) in [6.45, 7) is -0.701. The predicted octanol–water partition coefficient (Wildman–Crippen LogP) is -0.936. The van der Waals surface area contributed by atoms with E-state index in [2.05, 4.69) is 9.98 Å². The van der Waals surface area contributed by atoms with Crippen LogP contribution in [0.2, 0.25) is 0 Å². The molecule has 0 amide bonds. The first kappa shape index (κ1) is 6.81. The van der Waals surface area contributed by atoms with Gasteiger partial charge in [0.05, 0.1) is 4.92 Å². The summed E-state index contributed by atoms with van der Waals surface area (Å²) in [5.41, 5.74) is 0. The summed E-state index contributed by atoms with van der Waals surface area (Å²) in [6, 6.07) is 0. The largest absolute Gasteiger partial charge is 0.434 e. The first-order valence-corrected chi connectivity index (χ1v) is 2.56. The molecule has 0 aromatic carbocycles. The second-order valence-corrected chi connectivity index (χ2v) is 1.75. The average molecular weight is 143 g/mol. The molecule has 0 saturated carbocycles. The summed E-state index contributed by atoms with van der Waals surface area (Å²) in [4.78, 5) is 16.2. The maximum absolute atomic E-state index is 10.2. The first-order chi connectivity index (χ1) is 4.71. The summed E-state index contributed by atoms with van der Waals surface area (Å²) in [7, 11) is 0. The second kappa shape index (κ2) is 2.14. The van der Waals surface area contributed by atoms with E-state index in [1.54, 1.807) is 0 Å². The summed E-state index contributed by atoms with van der Waals surface area (Å²) < 4.78 is 0. The lowest BCUT2D eigenvalue weighted by molar-refractivity contribution is -0.568. The van der Waals surface area contributed by atoms with Crippen LogP contribution in [0.1, 0.15) is 0 Å². The molecule has 1 rings (SSSR count). The Morgan fingerprint density at radius 2 is 2.10 bits per heavy atom. The standard InChI is InChI=1S/C4H5N3O3/c8-3-4(7(9)10)5-1-2-6-4/h1-2,8H,3H2. The SMILES string of the molecule is O=[N+]([O-])C1(CO)N=CC=N1. The van der Waals surface area contributed by atoms with Gasteiger partial charge < -0.3 is 5.11 Å². The predicted molar refractivity (Wildman–Crippen MR) is 33.8 cm³/mol. The fourth-order valence-corrected chi connectivity index (χ4v) is 0.572. The third-order valence-electron chi connectivity index (χ3n) is 1.13. The zero-order valence-corrected chi connectivity index (χ0v) is 4.97. The number of aliphatic hydroxyl groups excluding tert-OH is 1. The van der Waals surface area contributed by atoms with E-state index < -0.39 is 17.3 Å². The van der Waals surface area contributed by atoms with E-state index in [1.807, 2.05) is 0 Å². The van der Waals surface area contributed by atoms with Crippen molar-refractivity contribution in [1.29, 1.82) is 0 Å². The van der Waals surface area contributed by atoms with E-state index in [9.17, 15) is 10.1 Å². The molecule has 0 aliphatic carbocycles. The highest BCUT2D eigenvalue weighted by molar-refractivity contribution is 6.17. The zero-order valence-electron chi connectivity index (χ0n) is 4.97. The van der Waals surface area contributed by atoms with Crippen LogP contribution in [0.4, 0.5) is 0 Å². The monoisotopic (exact) mass is 143 g/mol. The van der Waals surface area contributed by atoms with Crippen molar-refractivity contribution in [2.45, 2.75) is 5.79 Å². The quantitative estimate of drug-likeness (QED) is 0.399. The lowest BCUT2D eigenvalue weighted by Crippen LogP contribution is -2.36. The number of hydrogen-bond acceptors (Lipinski definition) is 5. The Balaban J connectivity index is 2.90. The molecule has 6 heteroatoms. The molecule has 54 valence electrons. The van der Waals surface area contributed by atoms with Crippen molar-refractivity contribution in [3.8, 4) is 0 Å². The molecule has 0 aromatic heterocycles. The van der Waals surface area contributed by atoms with E-state index in [0.717, 1.165) is 0 Å². The fourth-order valence-electron chi connectivity index (χ4n) is 0.572. The van der Waals surface area contributed by atoms with Gasteiger partial charge in [-0.3, -0.25) is 10.1 Å². The molecule has 0 bridgehead atoms. The minimum absolute atomic E-state index is 0.701. The average Bonchev–Trinajstić information content (AvgIpc) is 2.35. The van der Waals surface area contributed by atoms with Crippen LogP contribution in [0.3, 0.4) is 0 Å². The third kappa shape index (κ3) is 0.781. The van der Waals surface area contributed by atoms with Gasteiger partial charge in [-0.2, -0.15) is 9.98 Å². The van der Waals surface area contributed by atoms with Crippen molar-refractivity contribution in [2.24, 2.45) is 9.98 Å². The maximum Gasteiger partial charge on any atom is 0.434 e. The van der Waals surface area contributed by atoms with Crippen LogP contribution >= 0.6 is 0 Å². The van der Waals surface area contributed by atoms with Gasteiger partial charge in [-0.15, -0.1) is 0 Å². The molecule has 10 heavy (non-hydrogen) atoms. The molecule has 0 saturated heterocycles. The van der Waals surface area contributed by atoms with Crippen molar-refractivity contribution in [3.63, 3.8) is 0 Å². The summed E-state index contributed by atoms with van der Waals surface area (Å²) in [6.07, 6.45) is 2.39. The van der Waals surface area contributed by atoms with Crippen LogP contribution in [0.25, 0.3) is 0 Å². The lowest BCUT2D eigenvalue weighted by atomic mass is 10.4. The van der Waals surface area contributed by atoms with Crippen LogP contribution in [0, 0.1) is 10.1 Å². The third-order valence-corrected chi connectivity index (χ3v) is 1.13. The van der Waals surface area contributed by atoms with E-state index in [0.29, 0.717) is 0 Å². The van der Waals surface area contributed by atoms with Crippen molar-refractivity contribution in [2.75, 3.05) is 6.61 Å². The van der Waals surface area contributed by atoms with Gasteiger partial charge >= 0.3 is 5.79 Å². The lowest BCUT2D eigenvalue weighted by Gasteiger charge is -2.08. The molecule has 1 N–H and O–H groups in total. The van der Waals surface area contributed by atoms with E-state index in [-0.39, 0.29) is 0 Å². The van der Waals surface area contributed by atoms with Gasteiger partial charge in [-0.05, 0) is 0 Å². The Bertz CT molecular complexity index is 198. The minimum atomic E-state index is -1.85. The molecule has 0 fully saturated rings. The van der Waals surface area contributed by atoms with Gasteiger partial charge in [0.1, 0.15) is 0 Å². The first-order valence-electron chi connectivity index (χ1n) is 2.56. The van der Waals surface area contributed by atoms with Crippen LogP contribution in [-0.2, 0) is 0 Å². The zero-order chi connectivity index (χ0) is 7.61. The molecule has 6 nitrogen and oxygen atoms in total. The van der Waals surface area contributed by atoms with Crippen molar-refractivity contribution in [1.82, 2.24) is 0 Å².